The number of anilines is 2. The van der Waals surface area contributed by atoms with Crippen LogP contribution in [0.1, 0.15) is 15.9 Å². The standard InChI is InChI=1S/C31H26ClN3O4S/c1-39-28-10-6-5-9-22(28)19-27(35-30(37)21-7-3-2-4-8-21)31(38)34-25-15-17-26(18-16-25)40-20-29(36)33-24-13-11-23(32)12-14-24/h2-19H,20H2,1H3,(H,33,36)(H,34,38)(H,35,37)/b27-19-. The number of ether oxygens (including phenoxy) is 1. The number of rotatable bonds is 10. The van der Waals surface area contributed by atoms with E-state index in [0.717, 1.165) is 4.90 Å². The summed E-state index contributed by atoms with van der Waals surface area (Å²) in [6, 6.07) is 29.8. The molecule has 0 heterocycles. The summed E-state index contributed by atoms with van der Waals surface area (Å²) in [5, 5.41) is 8.96. The number of hydrogen-bond donors (Lipinski definition) is 3. The van der Waals surface area contributed by atoms with Gasteiger partial charge in [-0.05, 0) is 72.8 Å². The molecular weight excluding hydrogens is 546 g/mol. The minimum atomic E-state index is -0.502. The van der Waals surface area contributed by atoms with E-state index in [1.54, 1.807) is 78.9 Å². The van der Waals surface area contributed by atoms with Crippen LogP contribution >= 0.6 is 23.4 Å². The monoisotopic (exact) mass is 571 g/mol. The molecule has 0 spiro atoms. The molecule has 0 radical (unpaired) electrons. The molecule has 0 aliphatic carbocycles. The van der Waals surface area contributed by atoms with Crippen molar-refractivity contribution in [3.05, 3.63) is 125 Å². The zero-order valence-corrected chi connectivity index (χ0v) is 23.1. The van der Waals surface area contributed by atoms with Gasteiger partial charge >= 0.3 is 0 Å². The first kappa shape index (κ1) is 28.5. The third-order valence-electron chi connectivity index (χ3n) is 5.58. The van der Waals surface area contributed by atoms with Gasteiger partial charge in [-0.25, -0.2) is 0 Å². The molecule has 4 rings (SSSR count). The van der Waals surface area contributed by atoms with E-state index in [4.69, 9.17) is 16.3 Å². The molecule has 0 aliphatic heterocycles. The number of para-hydroxylation sites is 1. The van der Waals surface area contributed by atoms with Crippen molar-refractivity contribution in [3.63, 3.8) is 0 Å². The lowest BCUT2D eigenvalue weighted by Crippen LogP contribution is -2.30. The molecule has 4 aromatic rings. The lowest BCUT2D eigenvalue weighted by molar-refractivity contribution is -0.114. The van der Waals surface area contributed by atoms with Crippen LogP contribution in [0.5, 0.6) is 5.75 Å². The quantitative estimate of drug-likeness (QED) is 0.149. The highest BCUT2D eigenvalue weighted by Gasteiger charge is 2.16. The minimum Gasteiger partial charge on any atom is -0.496 e. The van der Waals surface area contributed by atoms with Crippen molar-refractivity contribution in [1.82, 2.24) is 5.32 Å². The Morgan fingerprint density at radius 1 is 0.800 bits per heavy atom. The number of amides is 3. The highest BCUT2D eigenvalue weighted by molar-refractivity contribution is 8.00. The Kier molecular flexibility index (Phi) is 9.99. The number of methoxy groups -OCH3 is 1. The van der Waals surface area contributed by atoms with Crippen LogP contribution in [-0.2, 0) is 9.59 Å². The predicted octanol–water partition coefficient (Wildman–Crippen LogP) is 6.49. The van der Waals surface area contributed by atoms with Crippen molar-refractivity contribution in [2.24, 2.45) is 0 Å². The summed E-state index contributed by atoms with van der Waals surface area (Å²) in [5.41, 5.74) is 2.30. The van der Waals surface area contributed by atoms with Gasteiger partial charge in [0.2, 0.25) is 5.91 Å². The molecule has 202 valence electrons. The summed E-state index contributed by atoms with van der Waals surface area (Å²) in [7, 11) is 1.54. The van der Waals surface area contributed by atoms with Gasteiger partial charge in [0, 0.05) is 32.4 Å². The Morgan fingerprint density at radius 3 is 2.12 bits per heavy atom. The first-order valence-electron chi connectivity index (χ1n) is 12.2. The predicted molar refractivity (Wildman–Crippen MR) is 161 cm³/mol. The average Bonchev–Trinajstić information content (AvgIpc) is 2.98. The van der Waals surface area contributed by atoms with Gasteiger partial charge in [0.25, 0.3) is 11.8 Å². The molecule has 3 N–H and O–H groups in total. The first-order chi connectivity index (χ1) is 19.4. The van der Waals surface area contributed by atoms with Gasteiger partial charge in [0.15, 0.2) is 0 Å². The van der Waals surface area contributed by atoms with Gasteiger partial charge in [0.05, 0.1) is 12.9 Å². The van der Waals surface area contributed by atoms with E-state index in [-0.39, 0.29) is 17.4 Å². The number of benzene rings is 4. The van der Waals surface area contributed by atoms with Gasteiger partial charge in [-0.1, -0.05) is 48.0 Å². The van der Waals surface area contributed by atoms with Crippen LogP contribution < -0.4 is 20.7 Å². The van der Waals surface area contributed by atoms with Crippen molar-refractivity contribution in [2.45, 2.75) is 4.90 Å². The van der Waals surface area contributed by atoms with Gasteiger partial charge < -0.3 is 20.7 Å². The summed E-state index contributed by atoms with van der Waals surface area (Å²) in [5.74, 6) is -0.294. The lowest BCUT2D eigenvalue weighted by atomic mass is 10.1. The molecule has 0 bridgehead atoms. The maximum absolute atomic E-state index is 13.3. The van der Waals surface area contributed by atoms with E-state index in [1.807, 2.05) is 30.3 Å². The molecule has 0 aliphatic rings. The van der Waals surface area contributed by atoms with E-state index in [2.05, 4.69) is 16.0 Å². The lowest BCUT2D eigenvalue weighted by Gasteiger charge is -2.13. The number of thioether (sulfide) groups is 1. The fourth-order valence-electron chi connectivity index (χ4n) is 3.60. The van der Waals surface area contributed by atoms with Crippen LogP contribution in [-0.4, -0.2) is 30.6 Å². The summed E-state index contributed by atoms with van der Waals surface area (Å²) in [4.78, 5) is 39.3. The molecule has 3 amide bonds. The van der Waals surface area contributed by atoms with Crippen LogP contribution in [0.4, 0.5) is 11.4 Å². The zero-order chi connectivity index (χ0) is 28.3. The molecule has 0 saturated heterocycles. The minimum absolute atomic E-state index is 0.0516. The van der Waals surface area contributed by atoms with Crippen molar-refractivity contribution < 1.29 is 19.1 Å². The zero-order valence-electron chi connectivity index (χ0n) is 21.5. The Labute approximate surface area is 241 Å². The normalized spacial score (nSPS) is 10.9. The van der Waals surface area contributed by atoms with Crippen LogP contribution in [0.25, 0.3) is 6.08 Å². The van der Waals surface area contributed by atoms with Crippen molar-refractivity contribution in [2.75, 3.05) is 23.5 Å². The Morgan fingerprint density at radius 2 is 1.43 bits per heavy atom. The SMILES string of the molecule is COc1ccccc1/C=C(\NC(=O)c1ccccc1)C(=O)Nc1ccc(SCC(=O)Nc2ccc(Cl)cc2)cc1. The second-order valence-corrected chi connectivity index (χ2v) is 9.93. The number of hydrogen-bond acceptors (Lipinski definition) is 5. The molecule has 9 heteroatoms. The Hall–Kier alpha value is -4.53. The van der Waals surface area contributed by atoms with Gasteiger partial charge in [0.1, 0.15) is 11.4 Å². The molecule has 7 nitrogen and oxygen atoms in total. The summed E-state index contributed by atoms with van der Waals surface area (Å²) < 4.78 is 5.40. The maximum Gasteiger partial charge on any atom is 0.272 e. The van der Waals surface area contributed by atoms with Crippen LogP contribution in [0, 0.1) is 0 Å². The van der Waals surface area contributed by atoms with Crippen LogP contribution in [0.15, 0.2) is 114 Å². The highest BCUT2D eigenvalue weighted by Crippen LogP contribution is 2.23. The molecule has 0 unspecified atom stereocenters. The van der Waals surface area contributed by atoms with E-state index in [0.29, 0.717) is 33.3 Å². The second kappa shape index (κ2) is 14.0. The van der Waals surface area contributed by atoms with E-state index >= 15 is 0 Å². The average molecular weight is 572 g/mol. The maximum atomic E-state index is 13.3. The number of carbonyl (C=O) groups is 3. The number of carbonyl (C=O) groups excluding carboxylic acids is 3. The van der Waals surface area contributed by atoms with Gasteiger partial charge in [-0.2, -0.15) is 0 Å². The van der Waals surface area contributed by atoms with E-state index in [9.17, 15) is 14.4 Å². The van der Waals surface area contributed by atoms with Crippen molar-refractivity contribution in [1.29, 1.82) is 0 Å². The first-order valence-corrected chi connectivity index (χ1v) is 13.6. The van der Waals surface area contributed by atoms with E-state index < -0.39 is 11.8 Å². The van der Waals surface area contributed by atoms with Gasteiger partial charge in [-0.3, -0.25) is 14.4 Å². The summed E-state index contributed by atoms with van der Waals surface area (Å²) >= 11 is 7.24. The molecular formula is C31H26ClN3O4S. The summed E-state index contributed by atoms with van der Waals surface area (Å²) in [6.45, 7) is 0. The van der Waals surface area contributed by atoms with Crippen LogP contribution in [0.3, 0.4) is 0 Å². The van der Waals surface area contributed by atoms with Crippen molar-refractivity contribution >= 4 is 58.5 Å². The molecule has 0 atom stereocenters. The molecule has 4 aromatic carbocycles. The van der Waals surface area contributed by atoms with Gasteiger partial charge in [-0.15, -0.1) is 11.8 Å². The Bertz CT molecular complexity index is 1510. The fourth-order valence-corrected chi connectivity index (χ4v) is 4.42. The number of halogens is 1. The molecule has 0 fully saturated rings. The summed E-state index contributed by atoms with van der Waals surface area (Å²) in [6.07, 6.45) is 1.57. The smallest absolute Gasteiger partial charge is 0.272 e. The second-order valence-electron chi connectivity index (χ2n) is 8.44. The third kappa shape index (κ3) is 8.23. The molecule has 0 saturated carbocycles. The van der Waals surface area contributed by atoms with Crippen LogP contribution in [0.2, 0.25) is 5.02 Å². The fraction of sp³-hybridized carbons (Fsp3) is 0.0645. The van der Waals surface area contributed by atoms with Crippen molar-refractivity contribution in [3.8, 4) is 5.75 Å². The Balaban J connectivity index is 1.42. The number of nitrogens with one attached hydrogen (secondary N) is 3. The molecule has 0 aromatic heterocycles. The largest absolute Gasteiger partial charge is 0.496 e. The third-order valence-corrected chi connectivity index (χ3v) is 6.84. The topological polar surface area (TPSA) is 96.5 Å². The molecule has 40 heavy (non-hydrogen) atoms. The van der Waals surface area contributed by atoms with E-state index in [1.165, 1.54) is 18.9 Å². The highest BCUT2D eigenvalue weighted by atomic mass is 35.5.